The summed E-state index contributed by atoms with van der Waals surface area (Å²) in [5, 5.41) is 23.2. The largest absolute Gasteiger partial charge is 0.392 e. The fraction of sp³-hybridized carbons (Fsp3) is 0.385. The SMILES string of the molecule is OCc1c(CO)c(-c2ccsc2)n2c1CCC2. The summed E-state index contributed by atoms with van der Waals surface area (Å²) in [5.41, 5.74) is 5.30. The molecule has 0 fully saturated rings. The summed E-state index contributed by atoms with van der Waals surface area (Å²) in [4.78, 5) is 0. The van der Waals surface area contributed by atoms with Gasteiger partial charge in [-0.25, -0.2) is 0 Å². The van der Waals surface area contributed by atoms with Crippen LogP contribution < -0.4 is 0 Å². The average molecular weight is 249 g/mol. The summed E-state index contributed by atoms with van der Waals surface area (Å²) in [6.07, 6.45) is 2.14. The maximum Gasteiger partial charge on any atom is 0.0706 e. The minimum absolute atomic E-state index is 0.00106. The van der Waals surface area contributed by atoms with Crippen molar-refractivity contribution in [2.45, 2.75) is 32.6 Å². The molecule has 90 valence electrons. The van der Waals surface area contributed by atoms with Crippen LogP contribution in [-0.4, -0.2) is 14.8 Å². The molecule has 3 rings (SSSR count). The molecule has 2 aromatic heterocycles. The van der Waals surface area contributed by atoms with Crippen LogP contribution in [0.1, 0.15) is 23.2 Å². The Morgan fingerprint density at radius 2 is 2.06 bits per heavy atom. The number of hydrogen-bond acceptors (Lipinski definition) is 3. The number of aliphatic hydroxyl groups is 2. The van der Waals surface area contributed by atoms with Gasteiger partial charge in [0.2, 0.25) is 0 Å². The maximum absolute atomic E-state index is 9.57. The second kappa shape index (κ2) is 4.29. The van der Waals surface area contributed by atoms with E-state index in [0.29, 0.717) is 0 Å². The van der Waals surface area contributed by atoms with Crippen molar-refractivity contribution in [3.63, 3.8) is 0 Å². The lowest BCUT2D eigenvalue weighted by atomic mass is 10.1. The van der Waals surface area contributed by atoms with Gasteiger partial charge in [-0.1, -0.05) is 0 Å². The van der Waals surface area contributed by atoms with Crippen LogP contribution in [0, 0.1) is 0 Å². The third-order valence-electron chi connectivity index (χ3n) is 3.50. The van der Waals surface area contributed by atoms with Gasteiger partial charge in [0.15, 0.2) is 0 Å². The van der Waals surface area contributed by atoms with Gasteiger partial charge in [-0.05, 0) is 24.3 Å². The average Bonchev–Trinajstić information content (AvgIpc) is 3.03. The number of rotatable bonds is 3. The lowest BCUT2D eigenvalue weighted by molar-refractivity contribution is 0.260. The van der Waals surface area contributed by atoms with E-state index in [1.54, 1.807) is 11.3 Å². The van der Waals surface area contributed by atoms with Crippen LogP contribution in [0.25, 0.3) is 11.3 Å². The quantitative estimate of drug-likeness (QED) is 0.875. The molecule has 0 aromatic carbocycles. The van der Waals surface area contributed by atoms with E-state index < -0.39 is 0 Å². The van der Waals surface area contributed by atoms with Crippen molar-refractivity contribution in [3.05, 3.63) is 33.6 Å². The van der Waals surface area contributed by atoms with Gasteiger partial charge in [0, 0.05) is 34.3 Å². The Balaban J connectivity index is 2.26. The molecular formula is C13H15NO2S. The molecule has 0 spiro atoms. The third kappa shape index (κ3) is 1.56. The zero-order valence-corrected chi connectivity index (χ0v) is 10.3. The summed E-state index contributed by atoms with van der Waals surface area (Å²) >= 11 is 1.66. The highest BCUT2D eigenvalue weighted by atomic mass is 32.1. The van der Waals surface area contributed by atoms with Crippen LogP contribution in [0.5, 0.6) is 0 Å². The predicted molar refractivity (Wildman–Crippen MR) is 67.9 cm³/mol. The predicted octanol–water partition coefficient (Wildman–Crippen LogP) is 2.15. The van der Waals surface area contributed by atoms with Crippen LogP contribution in [0.4, 0.5) is 0 Å². The fourth-order valence-corrected chi connectivity index (χ4v) is 3.44. The molecule has 3 heterocycles. The molecule has 17 heavy (non-hydrogen) atoms. The molecule has 0 saturated carbocycles. The summed E-state index contributed by atoms with van der Waals surface area (Å²) in [6.45, 7) is 1.02. The molecule has 3 nitrogen and oxygen atoms in total. The zero-order chi connectivity index (χ0) is 11.8. The van der Waals surface area contributed by atoms with Gasteiger partial charge in [-0.15, -0.1) is 0 Å². The number of aliphatic hydroxyl groups excluding tert-OH is 2. The Bertz CT molecular complexity index is 528. The summed E-state index contributed by atoms with van der Waals surface area (Å²) in [5.74, 6) is 0. The van der Waals surface area contributed by atoms with Crippen LogP contribution in [0.15, 0.2) is 16.8 Å². The van der Waals surface area contributed by atoms with Crippen LogP contribution in [-0.2, 0) is 26.2 Å². The smallest absolute Gasteiger partial charge is 0.0706 e. The number of hydrogen-bond donors (Lipinski definition) is 2. The Morgan fingerprint density at radius 1 is 1.24 bits per heavy atom. The van der Waals surface area contributed by atoms with E-state index >= 15 is 0 Å². The van der Waals surface area contributed by atoms with Crippen molar-refractivity contribution in [2.24, 2.45) is 0 Å². The third-order valence-corrected chi connectivity index (χ3v) is 4.18. The summed E-state index contributed by atoms with van der Waals surface area (Å²) in [7, 11) is 0. The first-order valence-corrected chi connectivity index (χ1v) is 6.78. The number of nitrogens with zero attached hydrogens (tertiary/aromatic N) is 1. The molecule has 0 saturated heterocycles. The second-order valence-electron chi connectivity index (χ2n) is 4.34. The van der Waals surface area contributed by atoms with Gasteiger partial charge in [-0.2, -0.15) is 11.3 Å². The Morgan fingerprint density at radius 3 is 2.71 bits per heavy atom. The van der Waals surface area contributed by atoms with Crippen molar-refractivity contribution >= 4 is 11.3 Å². The van der Waals surface area contributed by atoms with Gasteiger partial charge in [0.05, 0.1) is 18.9 Å². The van der Waals surface area contributed by atoms with Crippen molar-refractivity contribution in [1.29, 1.82) is 0 Å². The van der Waals surface area contributed by atoms with Crippen LogP contribution >= 0.6 is 11.3 Å². The number of thiophene rings is 1. The van der Waals surface area contributed by atoms with Crippen molar-refractivity contribution in [1.82, 2.24) is 4.57 Å². The molecule has 0 aliphatic carbocycles. The molecule has 0 unspecified atom stereocenters. The maximum atomic E-state index is 9.57. The molecule has 1 aliphatic rings. The summed E-state index contributed by atoms with van der Waals surface area (Å²) in [6, 6.07) is 2.08. The highest BCUT2D eigenvalue weighted by molar-refractivity contribution is 7.08. The Kier molecular flexibility index (Phi) is 2.78. The van der Waals surface area contributed by atoms with E-state index in [2.05, 4.69) is 16.0 Å². The first kappa shape index (κ1) is 11.0. The van der Waals surface area contributed by atoms with Gasteiger partial charge < -0.3 is 14.8 Å². The highest BCUT2D eigenvalue weighted by Crippen LogP contribution is 2.36. The van der Waals surface area contributed by atoms with Crippen molar-refractivity contribution in [2.75, 3.05) is 0 Å². The lowest BCUT2D eigenvalue weighted by Crippen LogP contribution is -1.96. The van der Waals surface area contributed by atoms with Gasteiger partial charge in [-0.3, -0.25) is 0 Å². The number of fused-ring (bicyclic) bond motifs is 1. The summed E-state index contributed by atoms with van der Waals surface area (Å²) < 4.78 is 2.26. The Labute approximate surface area is 104 Å². The molecule has 2 aromatic rings. The molecule has 0 bridgehead atoms. The molecule has 1 aliphatic heterocycles. The van der Waals surface area contributed by atoms with E-state index in [1.165, 1.54) is 5.69 Å². The minimum atomic E-state index is 0.00106. The zero-order valence-electron chi connectivity index (χ0n) is 9.52. The Hall–Kier alpha value is -1.10. The highest BCUT2D eigenvalue weighted by Gasteiger charge is 2.25. The molecule has 0 radical (unpaired) electrons. The van der Waals surface area contributed by atoms with E-state index in [-0.39, 0.29) is 13.2 Å². The van der Waals surface area contributed by atoms with E-state index in [0.717, 1.165) is 41.8 Å². The van der Waals surface area contributed by atoms with Crippen molar-refractivity contribution in [3.8, 4) is 11.3 Å². The van der Waals surface area contributed by atoms with Gasteiger partial charge >= 0.3 is 0 Å². The standard InChI is InChI=1S/C13H15NO2S/c15-6-10-11(7-16)13(9-3-5-17-8-9)14-4-1-2-12(10)14/h3,5,8,15-16H,1-2,4,6-7H2. The fourth-order valence-electron chi connectivity index (χ4n) is 2.80. The van der Waals surface area contributed by atoms with Crippen molar-refractivity contribution < 1.29 is 10.2 Å². The molecule has 0 amide bonds. The lowest BCUT2D eigenvalue weighted by Gasteiger charge is -2.06. The van der Waals surface area contributed by atoms with Gasteiger partial charge in [0.25, 0.3) is 0 Å². The monoisotopic (exact) mass is 249 g/mol. The van der Waals surface area contributed by atoms with Crippen LogP contribution in [0.3, 0.4) is 0 Å². The van der Waals surface area contributed by atoms with E-state index in [1.807, 2.05) is 5.38 Å². The van der Waals surface area contributed by atoms with E-state index in [9.17, 15) is 10.2 Å². The topological polar surface area (TPSA) is 45.4 Å². The second-order valence-corrected chi connectivity index (χ2v) is 5.12. The first-order chi connectivity index (χ1) is 8.36. The minimum Gasteiger partial charge on any atom is -0.392 e. The van der Waals surface area contributed by atoms with E-state index in [4.69, 9.17) is 0 Å². The van der Waals surface area contributed by atoms with Gasteiger partial charge in [0.1, 0.15) is 0 Å². The number of aromatic nitrogens is 1. The molecule has 2 N–H and O–H groups in total. The molecule has 4 heteroatoms. The first-order valence-electron chi connectivity index (χ1n) is 5.84. The normalized spacial score (nSPS) is 14.2. The van der Waals surface area contributed by atoms with Crippen LogP contribution in [0.2, 0.25) is 0 Å². The molecule has 0 atom stereocenters. The molecular weight excluding hydrogens is 234 g/mol.